The minimum Gasteiger partial charge on any atom is -0.384 e. The van der Waals surface area contributed by atoms with Crippen molar-refractivity contribution in [3.63, 3.8) is 0 Å². The highest BCUT2D eigenvalue weighted by Gasteiger charge is 2.24. The van der Waals surface area contributed by atoms with Gasteiger partial charge < -0.3 is 15.4 Å². The minimum absolute atomic E-state index is 0.339. The van der Waals surface area contributed by atoms with Crippen LogP contribution >= 0.6 is 0 Å². The van der Waals surface area contributed by atoms with Crippen LogP contribution in [-0.2, 0) is 4.74 Å². The average Bonchev–Trinajstić information content (AvgIpc) is 1.98. The van der Waals surface area contributed by atoms with E-state index in [0.717, 1.165) is 26.1 Å². The quantitative estimate of drug-likeness (QED) is 0.610. The predicted molar refractivity (Wildman–Crippen MR) is 45.5 cm³/mol. The summed E-state index contributed by atoms with van der Waals surface area (Å²) in [5.41, 5.74) is 5.92. The average molecular weight is 158 g/mol. The normalized spacial score (nSPS) is 34.1. The molecular weight excluding hydrogens is 140 g/mol. The lowest BCUT2D eigenvalue weighted by Gasteiger charge is -2.34. The van der Waals surface area contributed by atoms with Crippen molar-refractivity contribution in [3.8, 4) is 0 Å². The van der Waals surface area contributed by atoms with E-state index >= 15 is 0 Å². The number of ether oxygens (including phenoxy) is 1. The third-order valence-corrected chi connectivity index (χ3v) is 2.38. The molecule has 0 saturated carbocycles. The van der Waals surface area contributed by atoms with Crippen LogP contribution in [0.4, 0.5) is 0 Å². The van der Waals surface area contributed by atoms with Crippen molar-refractivity contribution in [1.82, 2.24) is 4.90 Å². The maximum atomic E-state index is 5.92. The molecule has 1 aliphatic heterocycles. The number of methoxy groups -OCH3 is 1. The standard InChI is InChI=1S/C8H18N2O/c1-10-4-3-8(9)7(5-10)6-11-2/h7-8H,3-6,9H2,1-2H3. The van der Waals surface area contributed by atoms with Crippen molar-refractivity contribution in [2.45, 2.75) is 12.5 Å². The molecule has 1 aliphatic rings. The highest BCUT2D eigenvalue weighted by atomic mass is 16.5. The number of hydrogen-bond donors (Lipinski definition) is 1. The van der Waals surface area contributed by atoms with Gasteiger partial charge >= 0.3 is 0 Å². The van der Waals surface area contributed by atoms with E-state index in [2.05, 4.69) is 11.9 Å². The minimum atomic E-state index is 0.339. The van der Waals surface area contributed by atoms with Crippen LogP contribution in [0.3, 0.4) is 0 Å². The molecule has 11 heavy (non-hydrogen) atoms. The summed E-state index contributed by atoms with van der Waals surface area (Å²) in [6.45, 7) is 3.00. The maximum absolute atomic E-state index is 5.92. The molecule has 0 radical (unpaired) electrons. The highest BCUT2D eigenvalue weighted by Crippen LogP contribution is 2.13. The molecule has 1 heterocycles. The zero-order chi connectivity index (χ0) is 8.27. The molecule has 0 bridgehead atoms. The van der Waals surface area contributed by atoms with Gasteiger partial charge in [-0.1, -0.05) is 0 Å². The zero-order valence-corrected chi connectivity index (χ0v) is 7.42. The van der Waals surface area contributed by atoms with Gasteiger partial charge in [0.1, 0.15) is 0 Å². The van der Waals surface area contributed by atoms with Crippen LogP contribution in [-0.4, -0.2) is 44.8 Å². The van der Waals surface area contributed by atoms with Gasteiger partial charge in [0.2, 0.25) is 0 Å². The first-order chi connectivity index (χ1) is 5.24. The summed E-state index contributed by atoms with van der Waals surface area (Å²) >= 11 is 0. The molecular formula is C8H18N2O. The molecule has 1 fully saturated rings. The molecule has 0 aromatic heterocycles. The number of piperidine rings is 1. The van der Waals surface area contributed by atoms with E-state index in [-0.39, 0.29) is 0 Å². The maximum Gasteiger partial charge on any atom is 0.0517 e. The van der Waals surface area contributed by atoms with E-state index in [1.165, 1.54) is 0 Å². The van der Waals surface area contributed by atoms with E-state index in [9.17, 15) is 0 Å². The SMILES string of the molecule is COCC1CN(C)CCC1N. The van der Waals surface area contributed by atoms with Crippen molar-refractivity contribution >= 4 is 0 Å². The first-order valence-electron chi connectivity index (χ1n) is 4.17. The molecule has 0 amide bonds. The smallest absolute Gasteiger partial charge is 0.0517 e. The monoisotopic (exact) mass is 158 g/mol. The molecule has 3 heteroatoms. The fraction of sp³-hybridized carbons (Fsp3) is 1.00. The Balaban J connectivity index is 2.34. The third-order valence-electron chi connectivity index (χ3n) is 2.38. The summed E-state index contributed by atoms with van der Waals surface area (Å²) < 4.78 is 5.09. The van der Waals surface area contributed by atoms with Crippen molar-refractivity contribution in [2.24, 2.45) is 11.7 Å². The molecule has 1 saturated heterocycles. The van der Waals surface area contributed by atoms with Gasteiger partial charge in [-0.2, -0.15) is 0 Å². The Hall–Kier alpha value is -0.120. The molecule has 2 unspecified atom stereocenters. The van der Waals surface area contributed by atoms with Crippen molar-refractivity contribution in [3.05, 3.63) is 0 Å². The summed E-state index contributed by atoms with van der Waals surface area (Å²) in [5, 5.41) is 0. The Morgan fingerprint density at radius 1 is 1.64 bits per heavy atom. The lowest BCUT2D eigenvalue weighted by Crippen LogP contribution is -2.47. The van der Waals surface area contributed by atoms with Gasteiger partial charge in [-0.15, -0.1) is 0 Å². The van der Waals surface area contributed by atoms with Gasteiger partial charge in [-0.25, -0.2) is 0 Å². The lowest BCUT2D eigenvalue weighted by atomic mass is 9.94. The molecule has 0 aliphatic carbocycles. The van der Waals surface area contributed by atoms with Gasteiger partial charge in [-0.3, -0.25) is 0 Å². The molecule has 66 valence electrons. The van der Waals surface area contributed by atoms with Crippen molar-refractivity contribution in [2.75, 3.05) is 33.9 Å². The summed E-state index contributed by atoms with van der Waals surface area (Å²) in [7, 11) is 3.87. The Morgan fingerprint density at radius 2 is 2.36 bits per heavy atom. The Labute approximate surface area is 68.5 Å². The summed E-state index contributed by atoms with van der Waals surface area (Å²) in [4.78, 5) is 2.31. The number of nitrogens with zero attached hydrogens (tertiary/aromatic N) is 1. The Kier molecular flexibility index (Phi) is 3.30. The summed E-state index contributed by atoms with van der Waals surface area (Å²) in [6.07, 6.45) is 1.10. The largest absolute Gasteiger partial charge is 0.384 e. The van der Waals surface area contributed by atoms with Crippen molar-refractivity contribution in [1.29, 1.82) is 0 Å². The lowest BCUT2D eigenvalue weighted by molar-refractivity contribution is 0.0884. The van der Waals surface area contributed by atoms with E-state index in [1.54, 1.807) is 7.11 Å². The van der Waals surface area contributed by atoms with Gasteiger partial charge in [0.15, 0.2) is 0 Å². The van der Waals surface area contributed by atoms with Crippen LogP contribution in [0.5, 0.6) is 0 Å². The Morgan fingerprint density at radius 3 is 3.00 bits per heavy atom. The van der Waals surface area contributed by atoms with E-state index in [0.29, 0.717) is 12.0 Å². The number of rotatable bonds is 2. The van der Waals surface area contributed by atoms with Crippen LogP contribution in [0.25, 0.3) is 0 Å². The van der Waals surface area contributed by atoms with Crippen LogP contribution in [0.2, 0.25) is 0 Å². The van der Waals surface area contributed by atoms with Crippen LogP contribution in [0.1, 0.15) is 6.42 Å². The molecule has 0 aromatic carbocycles. The van der Waals surface area contributed by atoms with Gasteiger partial charge in [0.05, 0.1) is 6.61 Å². The van der Waals surface area contributed by atoms with Crippen LogP contribution in [0, 0.1) is 5.92 Å². The summed E-state index contributed by atoms with van der Waals surface area (Å²) in [6, 6.07) is 0.339. The molecule has 2 N–H and O–H groups in total. The van der Waals surface area contributed by atoms with Crippen LogP contribution < -0.4 is 5.73 Å². The summed E-state index contributed by atoms with van der Waals surface area (Å²) in [5.74, 6) is 0.527. The topological polar surface area (TPSA) is 38.5 Å². The highest BCUT2D eigenvalue weighted by molar-refractivity contribution is 4.80. The first-order valence-corrected chi connectivity index (χ1v) is 4.17. The zero-order valence-electron chi connectivity index (χ0n) is 7.42. The predicted octanol–water partition coefficient (Wildman–Crippen LogP) is -0.0882. The molecule has 0 aromatic rings. The molecule has 3 nitrogen and oxygen atoms in total. The molecule has 2 atom stereocenters. The Bertz CT molecular complexity index is 119. The number of hydrogen-bond acceptors (Lipinski definition) is 3. The van der Waals surface area contributed by atoms with Crippen molar-refractivity contribution < 1.29 is 4.74 Å². The molecule has 0 spiro atoms. The van der Waals surface area contributed by atoms with E-state index in [4.69, 9.17) is 10.5 Å². The first kappa shape index (κ1) is 8.97. The third kappa shape index (κ3) is 2.43. The molecule has 1 rings (SSSR count). The van der Waals surface area contributed by atoms with E-state index in [1.807, 2.05) is 0 Å². The fourth-order valence-electron chi connectivity index (χ4n) is 1.62. The van der Waals surface area contributed by atoms with Gasteiger partial charge in [0.25, 0.3) is 0 Å². The van der Waals surface area contributed by atoms with Gasteiger partial charge in [0, 0.05) is 25.6 Å². The fourth-order valence-corrected chi connectivity index (χ4v) is 1.62. The second-order valence-corrected chi connectivity index (χ2v) is 3.43. The van der Waals surface area contributed by atoms with Crippen LogP contribution in [0.15, 0.2) is 0 Å². The van der Waals surface area contributed by atoms with E-state index < -0.39 is 0 Å². The second kappa shape index (κ2) is 4.04. The second-order valence-electron chi connectivity index (χ2n) is 3.43. The van der Waals surface area contributed by atoms with Gasteiger partial charge in [-0.05, 0) is 20.0 Å². The number of likely N-dealkylation sites (tertiary alicyclic amines) is 1. The number of nitrogens with two attached hydrogens (primary N) is 1.